The summed E-state index contributed by atoms with van der Waals surface area (Å²) in [4.78, 5) is 37.9. The van der Waals surface area contributed by atoms with Crippen LogP contribution in [0.5, 0.6) is 0 Å². The molecule has 0 aliphatic heterocycles. The van der Waals surface area contributed by atoms with Gasteiger partial charge in [-0.3, -0.25) is 14.4 Å². The zero-order valence-electron chi connectivity index (χ0n) is 41.8. The van der Waals surface area contributed by atoms with Crippen molar-refractivity contribution >= 4 is 17.9 Å². The molecule has 0 radical (unpaired) electrons. The Labute approximate surface area is 380 Å². The van der Waals surface area contributed by atoms with Gasteiger partial charge in [-0.1, -0.05) is 266 Å². The van der Waals surface area contributed by atoms with E-state index in [1.165, 1.54) is 193 Å². The van der Waals surface area contributed by atoms with E-state index in [4.69, 9.17) is 14.2 Å². The molecule has 3 atom stereocenters. The fourth-order valence-corrected chi connectivity index (χ4v) is 8.28. The molecule has 6 nitrogen and oxygen atoms in total. The molecular formula is C55H106O6. The van der Waals surface area contributed by atoms with Gasteiger partial charge in [0.1, 0.15) is 13.2 Å². The van der Waals surface area contributed by atoms with E-state index in [9.17, 15) is 14.4 Å². The summed E-state index contributed by atoms with van der Waals surface area (Å²) in [5.41, 5.74) is 0. The van der Waals surface area contributed by atoms with Crippen LogP contribution in [0.2, 0.25) is 0 Å². The highest BCUT2D eigenvalue weighted by Gasteiger charge is 2.19. The lowest BCUT2D eigenvalue weighted by atomic mass is 9.99. The molecular weight excluding hydrogens is 757 g/mol. The third-order valence-corrected chi connectivity index (χ3v) is 13.2. The second-order valence-corrected chi connectivity index (χ2v) is 19.4. The Balaban J connectivity index is 4.18. The Hall–Kier alpha value is -1.59. The Morgan fingerprint density at radius 1 is 0.328 bits per heavy atom. The highest BCUT2D eigenvalue weighted by molar-refractivity contribution is 5.71. The average Bonchev–Trinajstić information content (AvgIpc) is 3.26. The molecule has 0 rings (SSSR count). The van der Waals surface area contributed by atoms with Gasteiger partial charge in [-0.15, -0.1) is 0 Å². The molecule has 0 aromatic carbocycles. The minimum absolute atomic E-state index is 0.0636. The van der Waals surface area contributed by atoms with Crippen LogP contribution in [0, 0.1) is 11.8 Å². The van der Waals surface area contributed by atoms with E-state index in [2.05, 4.69) is 34.6 Å². The average molecular weight is 863 g/mol. The van der Waals surface area contributed by atoms with Crippen molar-refractivity contribution < 1.29 is 28.6 Å². The van der Waals surface area contributed by atoms with Crippen LogP contribution in [0.4, 0.5) is 0 Å². The van der Waals surface area contributed by atoms with E-state index in [-0.39, 0.29) is 31.1 Å². The molecule has 0 bridgehead atoms. The molecule has 6 heteroatoms. The predicted octanol–water partition coefficient (Wildman–Crippen LogP) is 17.7. The molecule has 2 unspecified atom stereocenters. The van der Waals surface area contributed by atoms with Crippen LogP contribution in [0.1, 0.15) is 304 Å². The van der Waals surface area contributed by atoms with Crippen LogP contribution in [0.15, 0.2) is 0 Å². The maximum atomic E-state index is 12.8. The summed E-state index contributed by atoms with van der Waals surface area (Å²) in [5.74, 6) is 0.940. The quantitative estimate of drug-likeness (QED) is 0.0344. The van der Waals surface area contributed by atoms with Crippen molar-refractivity contribution in [3.63, 3.8) is 0 Å². The number of carbonyl (C=O) groups excluding carboxylic acids is 3. The van der Waals surface area contributed by atoms with Gasteiger partial charge in [-0.25, -0.2) is 0 Å². The van der Waals surface area contributed by atoms with Crippen molar-refractivity contribution in [3.8, 4) is 0 Å². The van der Waals surface area contributed by atoms with Gasteiger partial charge in [0.15, 0.2) is 6.10 Å². The van der Waals surface area contributed by atoms with Crippen molar-refractivity contribution in [2.24, 2.45) is 11.8 Å². The Morgan fingerprint density at radius 2 is 0.574 bits per heavy atom. The lowest BCUT2D eigenvalue weighted by molar-refractivity contribution is -0.167. The van der Waals surface area contributed by atoms with Crippen molar-refractivity contribution in [3.05, 3.63) is 0 Å². The largest absolute Gasteiger partial charge is 0.462 e. The highest BCUT2D eigenvalue weighted by atomic mass is 16.6. The van der Waals surface area contributed by atoms with Gasteiger partial charge in [0.2, 0.25) is 0 Å². The fourth-order valence-electron chi connectivity index (χ4n) is 8.28. The van der Waals surface area contributed by atoms with Gasteiger partial charge < -0.3 is 14.2 Å². The fraction of sp³-hybridized carbons (Fsp3) is 0.945. The normalized spacial score (nSPS) is 12.9. The predicted molar refractivity (Wildman–Crippen MR) is 261 cm³/mol. The summed E-state index contributed by atoms with van der Waals surface area (Å²) >= 11 is 0. The van der Waals surface area contributed by atoms with Gasteiger partial charge in [0.25, 0.3) is 0 Å². The number of carbonyl (C=O) groups is 3. The van der Waals surface area contributed by atoms with E-state index in [0.717, 1.165) is 69.6 Å². The van der Waals surface area contributed by atoms with Gasteiger partial charge in [0.05, 0.1) is 0 Å². The zero-order valence-corrected chi connectivity index (χ0v) is 41.8. The summed E-state index contributed by atoms with van der Waals surface area (Å²) < 4.78 is 16.8. The van der Waals surface area contributed by atoms with Crippen LogP contribution in [0.3, 0.4) is 0 Å². The molecule has 0 aliphatic rings. The first-order chi connectivity index (χ1) is 29.8. The maximum absolute atomic E-state index is 12.8. The van der Waals surface area contributed by atoms with E-state index < -0.39 is 6.10 Å². The van der Waals surface area contributed by atoms with Crippen LogP contribution in [-0.4, -0.2) is 37.2 Å². The maximum Gasteiger partial charge on any atom is 0.306 e. The van der Waals surface area contributed by atoms with E-state index in [0.29, 0.717) is 19.3 Å². The topological polar surface area (TPSA) is 78.9 Å². The molecule has 0 aromatic heterocycles. The molecule has 0 aliphatic carbocycles. The summed E-state index contributed by atoms with van der Waals surface area (Å²) in [5, 5.41) is 0. The van der Waals surface area contributed by atoms with E-state index in [1.807, 2.05) is 0 Å². The lowest BCUT2D eigenvalue weighted by Crippen LogP contribution is -2.30. The van der Waals surface area contributed by atoms with Gasteiger partial charge in [-0.2, -0.15) is 0 Å². The van der Waals surface area contributed by atoms with Gasteiger partial charge in [0, 0.05) is 19.3 Å². The van der Waals surface area contributed by atoms with Crippen LogP contribution < -0.4 is 0 Å². The summed E-state index contributed by atoms with van der Waals surface area (Å²) in [6.45, 7) is 11.4. The second kappa shape index (κ2) is 47.9. The number of rotatable bonds is 49. The monoisotopic (exact) mass is 863 g/mol. The minimum Gasteiger partial charge on any atom is -0.462 e. The molecule has 0 saturated heterocycles. The highest BCUT2D eigenvalue weighted by Crippen LogP contribution is 2.19. The smallest absolute Gasteiger partial charge is 0.306 e. The second-order valence-electron chi connectivity index (χ2n) is 19.4. The first-order valence-electron chi connectivity index (χ1n) is 27.3. The Morgan fingerprint density at radius 3 is 0.852 bits per heavy atom. The number of hydrogen-bond acceptors (Lipinski definition) is 6. The van der Waals surface area contributed by atoms with E-state index in [1.54, 1.807) is 0 Å². The summed E-state index contributed by atoms with van der Waals surface area (Å²) in [7, 11) is 0. The van der Waals surface area contributed by atoms with Gasteiger partial charge in [-0.05, 0) is 31.1 Å². The molecule has 0 saturated carbocycles. The number of unbranched alkanes of at least 4 members (excludes halogenated alkanes) is 32. The lowest BCUT2D eigenvalue weighted by Gasteiger charge is -2.18. The number of esters is 3. The first-order valence-corrected chi connectivity index (χ1v) is 27.3. The molecule has 0 amide bonds. The van der Waals surface area contributed by atoms with Gasteiger partial charge >= 0.3 is 17.9 Å². The molecule has 0 heterocycles. The van der Waals surface area contributed by atoms with Crippen molar-refractivity contribution in [1.82, 2.24) is 0 Å². The molecule has 0 spiro atoms. The summed E-state index contributed by atoms with van der Waals surface area (Å²) in [6.07, 6.45) is 49.5. The first kappa shape index (κ1) is 59.4. The molecule has 0 aromatic rings. The van der Waals surface area contributed by atoms with Crippen LogP contribution in [-0.2, 0) is 28.6 Å². The molecule has 362 valence electrons. The van der Waals surface area contributed by atoms with Crippen LogP contribution >= 0.6 is 0 Å². The third kappa shape index (κ3) is 46.2. The SMILES string of the molecule is CCCCCCCCCC(=O)OC[C@@H](COC(=O)CCCCCCCCCCCCCCCCC(C)CC)OC(=O)CCCCCCCCCCCCCCCCC(C)CC. The summed E-state index contributed by atoms with van der Waals surface area (Å²) in [6, 6.07) is 0. The molecule has 0 N–H and O–H groups in total. The van der Waals surface area contributed by atoms with Crippen molar-refractivity contribution in [1.29, 1.82) is 0 Å². The molecule has 61 heavy (non-hydrogen) atoms. The van der Waals surface area contributed by atoms with Crippen molar-refractivity contribution in [2.45, 2.75) is 310 Å². The minimum atomic E-state index is -0.761. The Kier molecular flexibility index (Phi) is 46.6. The van der Waals surface area contributed by atoms with E-state index >= 15 is 0 Å². The Bertz CT molecular complexity index is 935. The number of hydrogen-bond donors (Lipinski definition) is 0. The van der Waals surface area contributed by atoms with Crippen molar-refractivity contribution in [2.75, 3.05) is 13.2 Å². The molecule has 0 fully saturated rings. The van der Waals surface area contributed by atoms with Crippen LogP contribution in [0.25, 0.3) is 0 Å². The zero-order chi connectivity index (χ0) is 44.7. The number of ether oxygens (including phenoxy) is 3. The third-order valence-electron chi connectivity index (χ3n) is 13.2. The standard InChI is InChI=1S/C55H106O6/c1-6-9-10-11-28-35-40-45-53(56)59-48-52(61-55(58)47-42-37-32-27-23-19-15-13-17-21-25-30-34-39-44-51(5)8-3)49-60-54(57)46-41-36-31-26-22-18-14-12-16-20-24-29-33-38-43-50(4)7-2/h50-52H,6-49H2,1-5H3/t50?,51?,52-/m0/s1.